The van der Waals surface area contributed by atoms with E-state index in [1.165, 1.54) is 33.3 Å². The number of aryl methyl sites for hydroxylation is 1. The topological polar surface area (TPSA) is 77.4 Å². The number of hydrogen-bond donors (Lipinski definition) is 1. The van der Waals surface area contributed by atoms with Crippen LogP contribution < -0.4 is 10.9 Å². The van der Waals surface area contributed by atoms with Gasteiger partial charge in [-0.05, 0) is 56.5 Å². The normalized spacial score (nSPS) is 12.8. The Morgan fingerprint density at radius 3 is 2.70 bits per heavy atom. The molecular formula is C23H21ClN2O4S3. The van der Waals surface area contributed by atoms with Crippen molar-refractivity contribution in [1.82, 2.24) is 4.57 Å². The second kappa shape index (κ2) is 10.3. The van der Waals surface area contributed by atoms with Crippen LogP contribution in [0.4, 0.5) is 5.00 Å². The van der Waals surface area contributed by atoms with Crippen LogP contribution in [-0.4, -0.2) is 23.1 Å². The van der Waals surface area contributed by atoms with Crippen molar-refractivity contribution >= 4 is 63.4 Å². The number of benzene rings is 1. The number of halogens is 1. The van der Waals surface area contributed by atoms with E-state index in [9.17, 15) is 14.4 Å². The van der Waals surface area contributed by atoms with E-state index >= 15 is 0 Å². The Kier molecular flexibility index (Phi) is 7.43. The molecule has 0 saturated carbocycles. The van der Waals surface area contributed by atoms with Crippen LogP contribution >= 0.6 is 46.5 Å². The molecule has 2 heterocycles. The van der Waals surface area contributed by atoms with Gasteiger partial charge in [0.05, 0.1) is 12.2 Å². The lowest BCUT2D eigenvalue weighted by Crippen LogP contribution is -2.27. The standard InChI is InChI=1S/C23H21ClN2O4S3/c1-2-30-22(29)20-14-8-4-6-10-16(14)32-21(20)25-18(27)12-26-19(28)11-17(33-23(26)31)13-7-3-5-9-15(13)24/h3,5,7,9,11H,2,4,6,8,10,12H2,1H3,(H,25,27). The average molecular weight is 521 g/mol. The Morgan fingerprint density at radius 1 is 1.21 bits per heavy atom. The van der Waals surface area contributed by atoms with Crippen LogP contribution in [0, 0.1) is 3.95 Å². The van der Waals surface area contributed by atoms with Gasteiger partial charge in [0.25, 0.3) is 5.56 Å². The van der Waals surface area contributed by atoms with Gasteiger partial charge in [0.2, 0.25) is 5.91 Å². The van der Waals surface area contributed by atoms with Gasteiger partial charge < -0.3 is 10.1 Å². The van der Waals surface area contributed by atoms with Crippen LogP contribution in [0.2, 0.25) is 5.02 Å². The fourth-order valence-electron chi connectivity index (χ4n) is 3.78. The minimum atomic E-state index is -0.431. The predicted molar refractivity (Wildman–Crippen MR) is 135 cm³/mol. The van der Waals surface area contributed by atoms with Crippen molar-refractivity contribution in [3.8, 4) is 10.4 Å². The molecule has 33 heavy (non-hydrogen) atoms. The Morgan fingerprint density at radius 2 is 1.97 bits per heavy atom. The van der Waals surface area contributed by atoms with Crippen molar-refractivity contribution in [3.63, 3.8) is 0 Å². The summed E-state index contributed by atoms with van der Waals surface area (Å²) in [7, 11) is 0. The SMILES string of the molecule is CCOC(=O)c1c(NC(=O)Cn2c(=O)cc(-c3ccccc3Cl)sc2=S)sc2c1CCCC2. The number of rotatable bonds is 6. The van der Waals surface area contributed by atoms with Crippen LogP contribution in [0.1, 0.15) is 40.6 Å². The van der Waals surface area contributed by atoms with Crippen LogP contribution in [0.5, 0.6) is 0 Å². The molecule has 1 N–H and O–H groups in total. The summed E-state index contributed by atoms with van der Waals surface area (Å²) in [5.41, 5.74) is 1.73. The number of carbonyl (C=O) groups is 2. The maximum Gasteiger partial charge on any atom is 0.341 e. The first-order chi connectivity index (χ1) is 15.9. The molecule has 1 amide bonds. The van der Waals surface area contributed by atoms with E-state index in [1.807, 2.05) is 18.2 Å². The first kappa shape index (κ1) is 23.8. The molecule has 172 valence electrons. The van der Waals surface area contributed by atoms with E-state index in [-0.39, 0.29) is 22.7 Å². The highest BCUT2D eigenvalue weighted by Crippen LogP contribution is 2.38. The van der Waals surface area contributed by atoms with Crippen molar-refractivity contribution < 1.29 is 14.3 Å². The molecule has 1 aliphatic rings. The first-order valence-corrected chi connectivity index (χ1v) is 12.9. The highest BCUT2D eigenvalue weighted by Gasteiger charge is 2.27. The third-order valence-electron chi connectivity index (χ3n) is 5.28. The number of esters is 1. The molecule has 0 radical (unpaired) electrons. The summed E-state index contributed by atoms with van der Waals surface area (Å²) in [6, 6.07) is 8.63. The molecule has 6 nitrogen and oxygen atoms in total. The average Bonchev–Trinajstić information content (AvgIpc) is 3.14. The van der Waals surface area contributed by atoms with Gasteiger partial charge in [0, 0.05) is 26.4 Å². The Balaban J connectivity index is 1.60. The number of anilines is 1. The van der Waals surface area contributed by atoms with Gasteiger partial charge in [-0.25, -0.2) is 4.79 Å². The fraction of sp³-hybridized carbons (Fsp3) is 0.304. The Bertz CT molecular complexity index is 1310. The second-order valence-electron chi connectivity index (χ2n) is 7.46. The van der Waals surface area contributed by atoms with Gasteiger partial charge in [-0.2, -0.15) is 0 Å². The lowest BCUT2D eigenvalue weighted by Gasteiger charge is -2.12. The molecule has 0 saturated heterocycles. The molecular weight excluding hydrogens is 500 g/mol. The number of fused-ring (bicyclic) bond motifs is 1. The lowest BCUT2D eigenvalue weighted by atomic mass is 9.95. The number of amides is 1. The number of nitrogens with zero attached hydrogens (tertiary/aromatic N) is 1. The maximum absolute atomic E-state index is 12.9. The summed E-state index contributed by atoms with van der Waals surface area (Å²) in [4.78, 5) is 40.0. The minimum Gasteiger partial charge on any atom is -0.462 e. The highest BCUT2D eigenvalue weighted by atomic mass is 35.5. The number of hydrogen-bond acceptors (Lipinski definition) is 7. The largest absolute Gasteiger partial charge is 0.462 e. The van der Waals surface area contributed by atoms with Gasteiger partial charge in [0.1, 0.15) is 11.5 Å². The molecule has 0 unspecified atom stereocenters. The summed E-state index contributed by atoms with van der Waals surface area (Å²) in [5, 5.41) is 3.81. The number of ether oxygens (including phenoxy) is 1. The van der Waals surface area contributed by atoms with Gasteiger partial charge in [-0.1, -0.05) is 29.8 Å². The third-order valence-corrected chi connectivity index (χ3v) is 8.24. The summed E-state index contributed by atoms with van der Waals surface area (Å²) in [6.45, 7) is 1.76. The fourth-order valence-corrected chi connectivity index (χ4v) is 6.69. The van der Waals surface area contributed by atoms with Crippen LogP contribution in [0.3, 0.4) is 0 Å². The van der Waals surface area contributed by atoms with Gasteiger partial charge in [-0.3, -0.25) is 14.2 Å². The van der Waals surface area contributed by atoms with Crippen molar-refractivity contribution in [2.75, 3.05) is 11.9 Å². The summed E-state index contributed by atoms with van der Waals surface area (Å²) < 4.78 is 6.74. The van der Waals surface area contributed by atoms with E-state index < -0.39 is 11.9 Å². The van der Waals surface area contributed by atoms with E-state index in [0.29, 0.717) is 26.0 Å². The Labute approximate surface area is 208 Å². The van der Waals surface area contributed by atoms with Crippen LogP contribution in [0.15, 0.2) is 35.1 Å². The molecule has 1 aromatic carbocycles. The zero-order chi connectivity index (χ0) is 23.5. The lowest BCUT2D eigenvalue weighted by molar-refractivity contribution is -0.116. The Hall–Kier alpha value is -2.33. The first-order valence-electron chi connectivity index (χ1n) is 10.5. The van der Waals surface area contributed by atoms with E-state index in [1.54, 1.807) is 13.0 Å². The van der Waals surface area contributed by atoms with Gasteiger partial charge in [0.15, 0.2) is 3.95 Å². The summed E-state index contributed by atoms with van der Waals surface area (Å²) >= 11 is 14.3. The number of nitrogens with one attached hydrogen (secondary N) is 1. The second-order valence-corrected chi connectivity index (χ2v) is 10.7. The number of aromatic nitrogens is 1. The van der Waals surface area contributed by atoms with Crippen molar-refractivity contribution in [3.05, 3.63) is 65.7 Å². The number of carbonyl (C=O) groups excluding carboxylic acids is 2. The highest BCUT2D eigenvalue weighted by molar-refractivity contribution is 7.73. The van der Waals surface area contributed by atoms with Crippen molar-refractivity contribution in [2.45, 2.75) is 39.2 Å². The quantitative estimate of drug-likeness (QED) is 0.332. The molecule has 0 aliphatic heterocycles. The molecule has 2 aromatic heterocycles. The smallest absolute Gasteiger partial charge is 0.341 e. The predicted octanol–water partition coefficient (Wildman–Crippen LogP) is 5.72. The van der Waals surface area contributed by atoms with Crippen molar-refractivity contribution in [1.29, 1.82) is 0 Å². The molecule has 0 fully saturated rings. The third kappa shape index (κ3) is 5.11. The molecule has 4 rings (SSSR count). The molecule has 10 heteroatoms. The van der Waals surface area contributed by atoms with E-state index in [4.69, 9.17) is 28.6 Å². The van der Waals surface area contributed by atoms with Crippen LogP contribution in [-0.2, 0) is 28.9 Å². The van der Waals surface area contributed by atoms with Crippen LogP contribution in [0.25, 0.3) is 10.4 Å². The monoisotopic (exact) mass is 520 g/mol. The molecule has 0 bridgehead atoms. The molecule has 0 atom stereocenters. The van der Waals surface area contributed by atoms with E-state index in [2.05, 4.69) is 5.32 Å². The van der Waals surface area contributed by atoms with Crippen molar-refractivity contribution in [2.24, 2.45) is 0 Å². The maximum atomic E-state index is 12.9. The van der Waals surface area contributed by atoms with E-state index in [0.717, 1.165) is 36.1 Å². The minimum absolute atomic E-state index is 0.248. The van der Waals surface area contributed by atoms with Gasteiger partial charge in [-0.15, -0.1) is 22.7 Å². The zero-order valence-electron chi connectivity index (χ0n) is 17.8. The molecule has 3 aromatic rings. The summed E-state index contributed by atoms with van der Waals surface area (Å²) in [5.74, 6) is -0.857. The summed E-state index contributed by atoms with van der Waals surface area (Å²) in [6.07, 6.45) is 3.72. The molecule has 1 aliphatic carbocycles. The van der Waals surface area contributed by atoms with Gasteiger partial charge >= 0.3 is 5.97 Å². The number of thiophene rings is 1. The zero-order valence-corrected chi connectivity index (χ0v) is 21.0. The molecule has 0 spiro atoms.